The lowest BCUT2D eigenvalue weighted by atomic mass is 9.99. The van der Waals surface area contributed by atoms with Crippen LogP contribution in [-0.4, -0.2) is 19.1 Å². The Labute approximate surface area is 175 Å². The maximum absolute atomic E-state index is 13.1. The lowest BCUT2D eigenvalue weighted by molar-refractivity contribution is 0.0989. The Hall–Kier alpha value is -2.79. The van der Waals surface area contributed by atoms with E-state index in [2.05, 4.69) is 25.1 Å². The molecule has 1 aliphatic rings. The van der Waals surface area contributed by atoms with Crippen molar-refractivity contribution < 1.29 is 14.3 Å². The van der Waals surface area contributed by atoms with Crippen LogP contribution in [0.5, 0.6) is 11.5 Å². The van der Waals surface area contributed by atoms with E-state index in [9.17, 15) is 4.79 Å². The molecule has 0 spiro atoms. The van der Waals surface area contributed by atoms with Crippen molar-refractivity contribution in [3.05, 3.63) is 75.5 Å². The highest BCUT2D eigenvalue weighted by Gasteiger charge is 2.24. The van der Waals surface area contributed by atoms with Crippen molar-refractivity contribution in [3.63, 3.8) is 0 Å². The number of thiophene rings is 1. The smallest absolute Gasteiger partial charge is 0.268 e. The van der Waals surface area contributed by atoms with E-state index in [0.29, 0.717) is 19.0 Å². The van der Waals surface area contributed by atoms with Gasteiger partial charge in [0.1, 0.15) is 6.61 Å². The summed E-state index contributed by atoms with van der Waals surface area (Å²) in [4.78, 5) is 15.8. The first kappa shape index (κ1) is 19.5. The van der Waals surface area contributed by atoms with Gasteiger partial charge in [-0.05, 0) is 61.9 Å². The van der Waals surface area contributed by atoms with Gasteiger partial charge >= 0.3 is 0 Å². The van der Waals surface area contributed by atoms with Crippen molar-refractivity contribution in [3.8, 4) is 11.5 Å². The lowest BCUT2D eigenvalue weighted by Gasteiger charge is -2.29. The van der Waals surface area contributed by atoms with Crippen LogP contribution in [0, 0.1) is 6.92 Å². The fraction of sp³-hybridized carbons (Fsp3) is 0.292. The SMILES string of the molecule is CCOc1ccccc1OCc1csc(C(=O)N2CCCc3cc(C)ccc32)c1. The number of amides is 1. The number of aryl methyl sites for hydroxylation is 2. The quantitative estimate of drug-likeness (QED) is 0.532. The number of benzene rings is 2. The molecular weight excluding hydrogens is 382 g/mol. The summed E-state index contributed by atoms with van der Waals surface area (Å²) in [6, 6.07) is 15.9. The number of nitrogens with zero attached hydrogens (tertiary/aromatic N) is 1. The number of fused-ring (bicyclic) bond motifs is 1. The number of rotatable bonds is 6. The van der Waals surface area contributed by atoms with Crippen LogP contribution in [-0.2, 0) is 13.0 Å². The second-order valence-electron chi connectivity index (χ2n) is 7.18. The molecule has 29 heavy (non-hydrogen) atoms. The van der Waals surface area contributed by atoms with E-state index in [1.165, 1.54) is 22.5 Å². The zero-order chi connectivity index (χ0) is 20.2. The summed E-state index contributed by atoms with van der Waals surface area (Å²) in [5, 5.41) is 2.00. The van der Waals surface area contributed by atoms with Crippen LogP contribution in [0.15, 0.2) is 53.9 Å². The first-order valence-corrected chi connectivity index (χ1v) is 10.9. The summed E-state index contributed by atoms with van der Waals surface area (Å²) in [5.74, 6) is 1.52. The van der Waals surface area contributed by atoms with Gasteiger partial charge in [0.15, 0.2) is 11.5 Å². The van der Waals surface area contributed by atoms with Gasteiger partial charge < -0.3 is 14.4 Å². The fourth-order valence-electron chi connectivity index (χ4n) is 3.64. The average Bonchev–Trinajstić information content (AvgIpc) is 3.21. The monoisotopic (exact) mass is 407 g/mol. The minimum absolute atomic E-state index is 0.0702. The van der Waals surface area contributed by atoms with Crippen molar-refractivity contribution in [1.29, 1.82) is 0 Å². The Morgan fingerprint density at radius 3 is 2.69 bits per heavy atom. The van der Waals surface area contributed by atoms with Crippen molar-refractivity contribution in [2.75, 3.05) is 18.1 Å². The van der Waals surface area contributed by atoms with Gasteiger partial charge in [0.2, 0.25) is 0 Å². The van der Waals surface area contributed by atoms with Gasteiger partial charge in [0, 0.05) is 17.8 Å². The number of ether oxygens (including phenoxy) is 2. The normalized spacial score (nSPS) is 13.1. The van der Waals surface area contributed by atoms with E-state index in [4.69, 9.17) is 9.47 Å². The van der Waals surface area contributed by atoms with Gasteiger partial charge in [-0.3, -0.25) is 4.79 Å². The van der Waals surface area contributed by atoms with E-state index >= 15 is 0 Å². The minimum Gasteiger partial charge on any atom is -0.490 e. The Morgan fingerprint density at radius 2 is 1.90 bits per heavy atom. The van der Waals surface area contributed by atoms with Crippen molar-refractivity contribution in [2.45, 2.75) is 33.3 Å². The second kappa shape index (κ2) is 8.70. The number of anilines is 1. The van der Waals surface area contributed by atoms with E-state index < -0.39 is 0 Å². The molecule has 0 atom stereocenters. The third-order valence-corrected chi connectivity index (χ3v) is 5.97. The summed E-state index contributed by atoms with van der Waals surface area (Å²) in [5.41, 5.74) is 4.53. The van der Waals surface area contributed by atoms with Gasteiger partial charge in [-0.25, -0.2) is 0 Å². The first-order chi connectivity index (χ1) is 14.2. The molecule has 4 rings (SSSR count). The van der Waals surface area contributed by atoms with Crippen molar-refractivity contribution in [2.24, 2.45) is 0 Å². The molecule has 4 nitrogen and oxygen atoms in total. The minimum atomic E-state index is 0.0702. The molecule has 0 radical (unpaired) electrons. The van der Waals surface area contributed by atoms with Crippen LogP contribution in [0.3, 0.4) is 0 Å². The summed E-state index contributed by atoms with van der Waals surface area (Å²) >= 11 is 1.48. The lowest BCUT2D eigenvalue weighted by Crippen LogP contribution is -2.35. The van der Waals surface area contributed by atoms with Crippen LogP contribution in [0.25, 0.3) is 0 Å². The van der Waals surface area contributed by atoms with E-state index in [1.54, 1.807) is 0 Å². The van der Waals surface area contributed by atoms with Gasteiger partial charge in [0.25, 0.3) is 5.91 Å². The third kappa shape index (κ3) is 4.30. The molecule has 1 aromatic heterocycles. The summed E-state index contributed by atoms with van der Waals surface area (Å²) in [6.45, 7) is 5.81. The number of para-hydroxylation sites is 2. The van der Waals surface area contributed by atoms with Gasteiger partial charge in [0.05, 0.1) is 11.5 Å². The fourth-order valence-corrected chi connectivity index (χ4v) is 4.48. The molecule has 0 saturated carbocycles. The van der Waals surface area contributed by atoms with E-state index in [1.807, 2.05) is 47.5 Å². The molecule has 2 heterocycles. The molecule has 5 heteroatoms. The van der Waals surface area contributed by atoms with Crippen molar-refractivity contribution in [1.82, 2.24) is 0 Å². The summed E-state index contributed by atoms with van der Waals surface area (Å²) < 4.78 is 11.5. The molecule has 0 fully saturated rings. The number of carbonyl (C=O) groups is 1. The van der Waals surface area contributed by atoms with Gasteiger partial charge in [-0.15, -0.1) is 11.3 Å². The molecule has 1 amide bonds. The molecule has 1 aliphatic heterocycles. The standard InChI is InChI=1S/C24H25NO3S/c1-3-27-21-8-4-5-9-22(21)28-15-18-14-23(29-16-18)24(26)25-12-6-7-19-13-17(2)10-11-20(19)25/h4-5,8-11,13-14,16H,3,6-7,12,15H2,1-2H3. The predicted octanol–water partition coefficient (Wildman–Crippen LogP) is 5.63. The topological polar surface area (TPSA) is 38.8 Å². The highest BCUT2D eigenvalue weighted by Crippen LogP contribution is 2.31. The molecule has 0 unspecified atom stereocenters. The van der Waals surface area contributed by atoms with Crippen molar-refractivity contribution >= 4 is 22.9 Å². The Kier molecular flexibility index (Phi) is 5.86. The molecule has 150 valence electrons. The highest BCUT2D eigenvalue weighted by molar-refractivity contribution is 7.12. The Balaban J connectivity index is 1.47. The number of hydrogen-bond donors (Lipinski definition) is 0. The van der Waals surface area contributed by atoms with Crippen LogP contribution in [0.2, 0.25) is 0 Å². The Morgan fingerprint density at radius 1 is 1.10 bits per heavy atom. The van der Waals surface area contributed by atoms with Gasteiger partial charge in [-0.2, -0.15) is 0 Å². The first-order valence-electron chi connectivity index (χ1n) is 9.99. The van der Waals surface area contributed by atoms with E-state index in [0.717, 1.165) is 41.3 Å². The number of hydrogen-bond acceptors (Lipinski definition) is 4. The molecule has 0 saturated heterocycles. The maximum Gasteiger partial charge on any atom is 0.268 e. The third-order valence-electron chi connectivity index (χ3n) is 5.01. The predicted molar refractivity (Wildman–Crippen MR) is 117 cm³/mol. The Bertz CT molecular complexity index is 1010. The van der Waals surface area contributed by atoms with Crippen LogP contribution in [0.1, 0.15) is 39.7 Å². The largest absolute Gasteiger partial charge is 0.490 e. The molecule has 2 aromatic carbocycles. The van der Waals surface area contributed by atoms with Crippen LogP contribution in [0.4, 0.5) is 5.69 Å². The van der Waals surface area contributed by atoms with E-state index in [-0.39, 0.29) is 5.91 Å². The highest BCUT2D eigenvalue weighted by atomic mass is 32.1. The number of carbonyl (C=O) groups excluding carboxylic acids is 1. The maximum atomic E-state index is 13.1. The second-order valence-corrected chi connectivity index (χ2v) is 8.09. The summed E-state index contributed by atoms with van der Waals surface area (Å²) in [6.07, 6.45) is 2.03. The average molecular weight is 408 g/mol. The van der Waals surface area contributed by atoms with Crippen LogP contribution >= 0.6 is 11.3 Å². The molecule has 3 aromatic rings. The molecule has 0 aliphatic carbocycles. The molecule has 0 N–H and O–H groups in total. The van der Waals surface area contributed by atoms with Crippen LogP contribution < -0.4 is 14.4 Å². The zero-order valence-electron chi connectivity index (χ0n) is 16.8. The molecule has 0 bridgehead atoms. The zero-order valence-corrected chi connectivity index (χ0v) is 17.6. The summed E-state index contributed by atoms with van der Waals surface area (Å²) in [7, 11) is 0. The molecular formula is C24H25NO3S. The van der Waals surface area contributed by atoms with Gasteiger partial charge in [-0.1, -0.05) is 29.8 Å².